The van der Waals surface area contributed by atoms with Crippen LogP contribution in [0.25, 0.3) is 0 Å². The Kier molecular flexibility index (Phi) is 3.29. The highest BCUT2D eigenvalue weighted by Gasteiger charge is 2.47. The number of carbonyl (C=O) groups is 1. The Labute approximate surface area is 91.8 Å². The summed E-state index contributed by atoms with van der Waals surface area (Å²) in [5, 5.41) is 3.01. The average Bonchev–Trinajstić information content (AvgIpc) is 2.85. The largest absolute Gasteiger partial charge is 0.356 e. The van der Waals surface area contributed by atoms with Crippen LogP contribution in [0.4, 0.5) is 0 Å². The summed E-state index contributed by atoms with van der Waals surface area (Å²) in [5.74, 6) is 2.36. The van der Waals surface area contributed by atoms with Crippen molar-refractivity contribution in [1.82, 2.24) is 5.32 Å². The van der Waals surface area contributed by atoms with Crippen molar-refractivity contribution < 1.29 is 4.79 Å². The number of carbonyl (C=O) groups excluding carboxylic acids is 1. The van der Waals surface area contributed by atoms with Crippen LogP contribution in [0.5, 0.6) is 0 Å². The molecule has 0 aromatic heterocycles. The molecule has 3 N–H and O–H groups in total. The van der Waals surface area contributed by atoms with Crippen molar-refractivity contribution in [2.24, 2.45) is 23.5 Å². The summed E-state index contributed by atoms with van der Waals surface area (Å²) in [6.45, 7) is 2.83. The molecule has 0 radical (unpaired) electrons. The average molecular weight is 210 g/mol. The Hall–Kier alpha value is -0.570. The van der Waals surface area contributed by atoms with Gasteiger partial charge >= 0.3 is 0 Å². The van der Waals surface area contributed by atoms with E-state index in [1.807, 2.05) is 0 Å². The van der Waals surface area contributed by atoms with E-state index in [0.717, 1.165) is 44.1 Å². The molecule has 0 aromatic carbocycles. The van der Waals surface area contributed by atoms with Crippen molar-refractivity contribution in [1.29, 1.82) is 0 Å². The van der Waals surface area contributed by atoms with Gasteiger partial charge in [0.1, 0.15) is 0 Å². The van der Waals surface area contributed by atoms with Gasteiger partial charge in [0.25, 0.3) is 0 Å². The summed E-state index contributed by atoms with van der Waals surface area (Å²) in [6, 6.07) is 0.238. The second-order valence-electron chi connectivity index (χ2n) is 5.17. The van der Waals surface area contributed by atoms with Crippen LogP contribution in [0.1, 0.15) is 39.0 Å². The van der Waals surface area contributed by atoms with Gasteiger partial charge in [-0.1, -0.05) is 6.92 Å². The molecular weight excluding hydrogens is 188 g/mol. The van der Waals surface area contributed by atoms with Crippen molar-refractivity contribution in [2.45, 2.75) is 45.1 Å². The molecule has 2 rings (SSSR count). The van der Waals surface area contributed by atoms with Crippen LogP contribution in [-0.2, 0) is 4.79 Å². The molecule has 3 nitrogen and oxygen atoms in total. The monoisotopic (exact) mass is 210 g/mol. The molecule has 2 aliphatic rings. The lowest BCUT2D eigenvalue weighted by Crippen LogP contribution is -2.33. The molecule has 2 saturated carbocycles. The van der Waals surface area contributed by atoms with E-state index in [1.54, 1.807) is 0 Å². The maximum Gasteiger partial charge on any atom is 0.223 e. The molecule has 3 atom stereocenters. The second kappa shape index (κ2) is 4.52. The molecule has 3 heteroatoms. The van der Waals surface area contributed by atoms with Gasteiger partial charge in [0.05, 0.1) is 0 Å². The topological polar surface area (TPSA) is 55.1 Å². The molecule has 0 aliphatic heterocycles. The number of nitrogens with one attached hydrogen (secondary N) is 1. The van der Waals surface area contributed by atoms with Crippen LogP contribution < -0.4 is 11.1 Å². The van der Waals surface area contributed by atoms with Crippen molar-refractivity contribution in [3.8, 4) is 0 Å². The normalized spacial score (nSPS) is 34.7. The van der Waals surface area contributed by atoms with Gasteiger partial charge in [-0.05, 0) is 43.9 Å². The first-order valence-electron chi connectivity index (χ1n) is 6.24. The minimum absolute atomic E-state index is 0.238. The standard InChI is InChI=1S/C12H22N2O/c1-2-11(13)3-4-14-12(15)10-6-8-5-9(8)7-10/h8-11H,2-7,13H2,1H3,(H,14,15). The minimum atomic E-state index is 0.238. The molecule has 2 fully saturated rings. The van der Waals surface area contributed by atoms with E-state index in [2.05, 4.69) is 12.2 Å². The van der Waals surface area contributed by atoms with E-state index >= 15 is 0 Å². The number of fused-ring (bicyclic) bond motifs is 1. The fourth-order valence-corrected chi connectivity index (χ4v) is 2.66. The lowest BCUT2D eigenvalue weighted by Gasteiger charge is -2.13. The zero-order valence-corrected chi connectivity index (χ0v) is 9.54. The molecule has 86 valence electrons. The van der Waals surface area contributed by atoms with Gasteiger partial charge in [0.2, 0.25) is 5.91 Å². The van der Waals surface area contributed by atoms with Gasteiger partial charge in [0, 0.05) is 18.5 Å². The number of nitrogens with two attached hydrogens (primary N) is 1. The molecule has 0 bridgehead atoms. The van der Waals surface area contributed by atoms with E-state index in [1.165, 1.54) is 6.42 Å². The van der Waals surface area contributed by atoms with E-state index in [4.69, 9.17) is 5.73 Å². The quantitative estimate of drug-likeness (QED) is 0.718. The molecule has 0 spiro atoms. The first kappa shape index (κ1) is 10.9. The predicted octanol–water partition coefficient (Wildman–Crippen LogP) is 1.28. The minimum Gasteiger partial charge on any atom is -0.356 e. The van der Waals surface area contributed by atoms with Crippen LogP contribution >= 0.6 is 0 Å². The highest BCUT2D eigenvalue weighted by Crippen LogP contribution is 2.54. The maximum absolute atomic E-state index is 11.7. The zero-order valence-electron chi connectivity index (χ0n) is 9.54. The number of amides is 1. The van der Waals surface area contributed by atoms with Crippen molar-refractivity contribution in [3.63, 3.8) is 0 Å². The molecule has 0 aromatic rings. The van der Waals surface area contributed by atoms with E-state index in [-0.39, 0.29) is 11.9 Å². The molecule has 0 saturated heterocycles. The highest BCUT2D eigenvalue weighted by molar-refractivity contribution is 5.79. The van der Waals surface area contributed by atoms with Gasteiger partial charge in [-0.3, -0.25) is 4.79 Å². The maximum atomic E-state index is 11.7. The first-order valence-corrected chi connectivity index (χ1v) is 6.24. The number of hydrogen-bond donors (Lipinski definition) is 2. The third-order valence-electron chi connectivity index (χ3n) is 3.95. The third kappa shape index (κ3) is 2.71. The molecule has 0 heterocycles. The fraction of sp³-hybridized carbons (Fsp3) is 0.917. The summed E-state index contributed by atoms with van der Waals surface area (Å²) in [7, 11) is 0. The Balaban J connectivity index is 1.60. The lowest BCUT2D eigenvalue weighted by molar-refractivity contribution is -0.125. The van der Waals surface area contributed by atoms with Crippen LogP contribution in [0.3, 0.4) is 0 Å². The van der Waals surface area contributed by atoms with E-state index < -0.39 is 0 Å². The van der Waals surface area contributed by atoms with Crippen molar-refractivity contribution in [2.75, 3.05) is 6.54 Å². The smallest absolute Gasteiger partial charge is 0.223 e. The second-order valence-corrected chi connectivity index (χ2v) is 5.17. The molecule has 3 unspecified atom stereocenters. The highest BCUT2D eigenvalue weighted by atomic mass is 16.1. The van der Waals surface area contributed by atoms with Gasteiger partial charge in [-0.25, -0.2) is 0 Å². The Bertz CT molecular complexity index is 232. The molecule has 1 amide bonds. The summed E-state index contributed by atoms with van der Waals surface area (Å²) >= 11 is 0. The summed E-state index contributed by atoms with van der Waals surface area (Å²) < 4.78 is 0. The molecule has 15 heavy (non-hydrogen) atoms. The lowest BCUT2D eigenvalue weighted by atomic mass is 10.0. The zero-order chi connectivity index (χ0) is 10.8. The van der Waals surface area contributed by atoms with Gasteiger partial charge in [0.15, 0.2) is 0 Å². The first-order chi connectivity index (χ1) is 7.20. The summed E-state index contributed by atoms with van der Waals surface area (Å²) in [6.07, 6.45) is 5.54. The van der Waals surface area contributed by atoms with Crippen LogP contribution in [0, 0.1) is 17.8 Å². The van der Waals surface area contributed by atoms with Crippen LogP contribution in [-0.4, -0.2) is 18.5 Å². The van der Waals surface area contributed by atoms with Crippen molar-refractivity contribution in [3.05, 3.63) is 0 Å². The van der Waals surface area contributed by atoms with Crippen LogP contribution in [0.2, 0.25) is 0 Å². The predicted molar refractivity (Wildman–Crippen MR) is 60.2 cm³/mol. The molecule has 2 aliphatic carbocycles. The van der Waals surface area contributed by atoms with Gasteiger partial charge in [-0.2, -0.15) is 0 Å². The van der Waals surface area contributed by atoms with Crippen LogP contribution in [0.15, 0.2) is 0 Å². The molecular formula is C12H22N2O. The number of hydrogen-bond acceptors (Lipinski definition) is 2. The Morgan fingerprint density at radius 3 is 2.67 bits per heavy atom. The van der Waals surface area contributed by atoms with E-state index in [9.17, 15) is 4.79 Å². The Morgan fingerprint density at radius 1 is 1.40 bits per heavy atom. The fourth-order valence-electron chi connectivity index (χ4n) is 2.66. The van der Waals surface area contributed by atoms with Crippen molar-refractivity contribution >= 4 is 5.91 Å². The number of rotatable bonds is 5. The summed E-state index contributed by atoms with van der Waals surface area (Å²) in [4.78, 5) is 11.7. The SMILES string of the molecule is CCC(N)CCNC(=O)C1CC2CC2C1. The van der Waals surface area contributed by atoms with E-state index in [0.29, 0.717) is 5.92 Å². The van der Waals surface area contributed by atoms with Gasteiger partial charge in [-0.15, -0.1) is 0 Å². The Morgan fingerprint density at radius 2 is 2.07 bits per heavy atom. The third-order valence-corrected chi connectivity index (χ3v) is 3.95. The van der Waals surface area contributed by atoms with Gasteiger partial charge < -0.3 is 11.1 Å². The summed E-state index contributed by atoms with van der Waals surface area (Å²) in [5.41, 5.74) is 5.79.